The van der Waals surface area contributed by atoms with Crippen molar-refractivity contribution in [2.75, 3.05) is 6.54 Å². The largest absolute Gasteiger partial charge is 0.335 e. The molecule has 1 aliphatic heterocycles. The van der Waals surface area contributed by atoms with E-state index in [9.17, 15) is 18.0 Å². The van der Waals surface area contributed by atoms with E-state index in [1.807, 2.05) is 17.7 Å². The quantitative estimate of drug-likeness (QED) is 0.471. The molecule has 2 aliphatic rings. The Labute approximate surface area is 191 Å². The van der Waals surface area contributed by atoms with Crippen LogP contribution in [0.15, 0.2) is 42.9 Å². The lowest BCUT2D eigenvalue weighted by atomic mass is 9.87. The van der Waals surface area contributed by atoms with Gasteiger partial charge in [0.2, 0.25) is 5.91 Å². The Morgan fingerprint density at radius 2 is 1.85 bits per heavy atom. The Hall–Kier alpha value is -3.09. The Kier molecular flexibility index (Phi) is 5.10. The molecule has 172 valence electrons. The van der Waals surface area contributed by atoms with Crippen LogP contribution >= 0.6 is 0 Å². The van der Waals surface area contributed by atoms with E-state index >= 15 is 0 Å². The number of rotatable bonds is 4. The summed E-state index contributed by atoms with van der Waals surface area (Å²) in [6, 6.07) is 7.73. The third-order valence-electron chi connectivity index (χ3n) is 7.35. The molecule has 4 nitrogen and oxygen atoms in total. The number of aryl methyl sites for hydroxylation is 2. The van der Waals surface area contributed by atoms with Gasteiger partial charge in [-0.1, -0.05) is 12.1 Å². The van der Waals surface area contributed by atoms with Crippen molar-refractivity contribution in [3.63, 3.8) is 0 Å². The standard InChI is InChI=1S/C26H26F3N3O/c1-15-9-18(5-6-23(15)31-13-16(2)30-14-31)20-12-26(20)7-4-8-32(25(26)33)17(3)19-10-21(27)24(29)22(28)11-19/h5-6,9-11,13-14,17,20H,4,7-8,12H2,1-3H3. The van der Waals surface area contributed by atoms with Crippen LogP contribution in [0, 0.1) is 36.7 Å². The molecule has 0 bridgehead atoms. The van der Waals surface area contributed by atoms with Crippen LogP contribution in [-0.4, -0.2) is 26.9 Å². The van der Waals surface area contributed by atoms with Crippen LogP contribution in [0.25, 0.3) is 5.69 Å². The van der Waals surface area contributed by atoms with Gasteiger partial charge in [0.1, 0.15) is 0 Å². The van der Waals surface area contributed by atoms with Crippen molar-refractivity contribution in [3.05, 3.63) is 82.7 Å². The summed E-state index contributed by atoms with van der Waals surface area (Å²) >= 11 is 0. The molecule has 3 atom stereocenters. The molecule has 3 aromatic rings. The van der Waals surface area contributed by atoms with Gasteiger partial charge in [-0.15, -0.1) is 0 Å². The van der Waals surface area contributed by atoms with Crippen molar-refractivity contribution < 1.29 is 18.0 Å². The number of nitrogens with zero attached hydrogens (tertiary/aromatic N) is 3. The number of carbonyl (C=O) groups excluding carboxylic acids is 1. The van der Waals surface area contributed by atoms with E-state index in [2.05, 4.69) is 30.1 Å². The fourth-order valence-electron chi connectivity index (χ4n) is 5.42. The van der Waals surface area contributed by atoms with E-state index in [1.54, 1.807) is 18.2 Å². The number of amides is 1. The molecule has 2 fully saturated rings. The molecular formula is C26H26F3N3O. The maximum atomic E-state index is 13.8. The summed E-state index contributed by atoms with van der Waals surface area (Å²) < 4.78 is 43.0. The molecule has 1 amide bonds. The van der Waals surface area contributed by atoms with Crippen molar-refractivity contribution in [1.29, 1.82) is 0 Å². The van der Waals surface area contributed by atoms with E-state index in [1.165, 1.54) is 0 Å². The van der Waals surface area contributed by atoms with Gasteiger partial charge in [0.25, 0.3) is 0 Å². The molecule has 1 aliphatic carbocycles. The van der Waals surface area contributed by atoms with Gasteiger partial charge in [-0.25, -0.2) is 18.2 Å². The first-order chi connectivity index (χ1) is 15.7. The number of aromatic nitrogens is 2. The van der Waals surface area contributed by atoms with Crippen LogP contribution in [0.5, 0.6) is 0 Å². The van der Waals surface area contributed by atoms with Gasteiger partial charge >= 0.3 is 0 Å². The number of halogens is 3. The normalized spacial score (nSPS) is 23.3. The first kappa shape index (κ1) is 21.7. The van der Waals surface area contributed by atoms with Crippen molar-refractivity contribution >= 4 is 5.91 Å². The summed E-state index contributed by atoms with van der Waals surface area (Å²) in [5.41, 5.74) is 4.04. The minimum absolute atomic E-state index is 0.0170. The molecule has 2 aromatic carbocycles. The molecule has 2 heterocycles. The average molecular weight is 454 g/mol. The summed E-state index contributed by atoms with van der Waals surface area (Å²) in [5, 5.41) is 0. The zero-order chi connectivity index (χ0) is 23.5. The highest BCUT2D eigenvalue weighted by Crippen LogP contribution is 2.64. The van der Waals surface area contributed by atoms with Gasteiger partial charge in [0, 0.05) is 18.4 Å². The predicted molar refractivity (Wildman–Crippen MR) is 119 cm³/mol. The van der Waals surface area contributed by atoms with Crippen molar-refractivity contribution in [2.24, 2.45) is 5.41 Å². The highest BCUT2D eigenvalue weighted by atomic mass is 19.2. The van der Waals surface area contributed by atoms with Crippen LogP contribution in [-0.2, 0) is 4.79 Å². The number of hydrogen-bond donors (Lipinski definition) is 0. The summed E-state index contributed by atoms with van der Waals surface area (Å²) in [7, 11) is 0. The summed E-state index contributed by atoms with van der Waals surface area (Å²) in [4.78, 5) is 19.6. The Morgan fingerprint density at radius 1 is 1.12 bits per heavy atom. The van der Waals surface area contributed by atoms with Crippen molar-refractivity contribution in [3.8, 4) is 5.69 Å². The van der Waals surface area contributed by atoms with Crippen molar-refractivity contribution in [2.45, 2.75) is 52.0 Å². The molecule has 1 aromatic heterocycles. The second kappa shape index (κ2) is 7.75. The Morgan fingerprint density at radius 3 is 2.48 bits per heavy atom. The van der Waals surface area contributed by atoms with Crippen LogP contribution < -0.4 is 0 Å². The lowest BCUT2D eigenvalue weighted by Crippen LogP contribution is -2.44. The lowest BCUT2D eigenvalue weighted by molar-refractivity contribution is -0.143. The van der Waals surface area contributed by atoms with E-state index in [0.717, 1.165) is 53.9 Å². The highest BCUT2D eigenvalue weighted by Gasteiger charge is 2.62. The molecule has 7 heteroatoms. The first-order valence-corrected chi connectivity index (χ1v) is 11.3. The van der Waals surface area contributed by atoms with Gasteiger partial charge in [-0.3, -0.25) is 4.79 Å². The number of carbonyl (C=O) groups is 1. The highest BCUT2D eigenvalue weighted by molar-refractivity contribution is 5.88. The average Bonchev–Trinajstić information content (AvgIpc) is 3.35. The summed E-state index contributed by atoms with van der Waals surface area (Å²) in [6.07, 6.45) is 6.16. The topological polar surface area (TPSA) is 38.1 Å². The van der Waals surface area contributed by atoms with Crippen LogP contribution in [0.3, 0.4) is 0 Å². The summed E-state index contributed by atoms with van der Waals surface area (Å²) in [5.74, 6) is -3.81. The van der Waals surface area contributed by atoms with Crippen molar-refractivity contribution in [1.82, 2.24) is 14.5 Å². The smallest absolute Gasteiger partial charge is 0.229 e. The molecule has 1 saturated carbocycles. The number of hydrogen-bond acceptors (Lipinski definition) is 2. The van der Waals surface area contributed by atoms with Gasteiger partial charge in [0.15, 0.2) is 17.5 Å². The Bertz CT molecular complexity index is 1230. The molecule has 5 rings (SSSR count). The maximum Gasteiger partial charge on any atom is 0.229 e. The molecule has 3 unspecified atom stereocenters. The fraction of sp³-hybridized carbons (Fsp3) is 0.385. The van der Waals surface area contributed by atoms with Gasteiger partial charge in [-0.05, 0) is 80.8 Å². The third kappa shape index (κ3) is 3.54. The first-order valence-electron chi connectivity index (χ1n) is 11.3. The number of imidazole rings is 1. The molecule has 33 heavy (non-hydrogen) atoms. The van der Waals surface area contributed by atoms with Crippen LogP contribution in [0.1, 0.15) is 60.5 Å². The van der Waals surface area contributed by atoms with E-state index in [-0.39, 0.29) is 17.4 Å². The monoisotopic (exact) mass is 453 g/mol. The van der Waals surface area contributed by atoms with E-state index < -0.39 is 28.9 Å². The number of likely N-dealkylation sites (tertiary alicyclic amines) is 1. The molecule has 1 spiro atoms. The minimum atomic E-state index is -1.49. The van der Waals surface area contributed by atoms with Crippen LogP contribution in [0.4, 0.5) is 13.2 Å². The minimum Gasteiger partial charge on any atom is -0.335 e. The Balaban J connectivity index is 1.38. The molecule has 0 radical (unpaired) electrons. The number of piperidine rings is 1. The molecule has 0 N–H and O–H groups in total. The van der Waals surface area contributed by atoms with E-state index in [0.29, 0.717) is 6.54 Å². The zero-order valence-corrected chi connectivity index (χ0v) is 18.9. The summed E-state index contributed by atoms with van der Waals surface area (Å²) in [6.45, 7) is 6.27. The predicted octanol–water partition coefficient (Wildman–Crippen LogP) is 5.76. The fourth-order valence-corrected chi connectivity index (χ4v) is 5.42. The maximum absolute atomic E-state index is 13.8. The molecule has 1 saturated heterocycles. The second-order valence-corrected chi connectivity index (χ2v) is 9.46. The van der Waals surface area contributed by atoms with Gasteiger partial charge < -0.3 is 9.47 Å². The van der Waals surface area contributed by atoms with Gasteiger partial charge in [-0.2, -0.15) is 0 Å². The van der Waals surface area contributed by atoms with E-state index in [4.69, 9.17) is 0 Å². The zero-order valence-electron chi connectivity index (χ0n) is 18.9. The number of benzene rings is 2. The SMILES string of the molecule is Cc1cn(-c2ccc(C3CC34CCCN(C(C)c3cc(F)c(F)c(F)c3)C4=O)cc2C)cn1. The van der Waals surface area contributed by atoms with Gasteiger partial charge in [0.05, 0.1) is 23.5 Å². The molecular weight excluding hydrogens is 427 g/mol. The third-order valence-corrected chi connectivity index (χ3v) is 7.35. The second-order valence-electron chi connectivity index (χ2n) is 9.46. The lowest BCUT2D eigenvalue weighted by Gasteiger charge is -2.38. The van der Waals surface area contributed by atoms with Crippen LogP contribution in [0.2, 0.25) is 0 Å².